The number of likely N-dealkylation sites (tertiary alicyclic amines) is 1. The van der Waals surface area contributed by atoms with Crippen LogP contribution in [0.3, 0.4) is 0 Å². The number of rotatable bonds is 3. The molecule has 3 amide bonds. The second kappa shape index (κ2) is 6.47. The SMILES string of the molecule is NC(=O)C1CN(C(=O)c2n[nH]c3c2CN(C(=O)c2cc4ccccc4[nH]2)CC3)C1. The van der Waals surface area contributed by atoms with Gasteiger partial charge in [-0.1, -0.05) is 18.2 Å². The first-order valence-corrected chi connectivity index (χ1v) is 9.53. The van der Waals surface area contributed by atoms with Crippen molar-refractivity contribution < 1.29 is 14.4 Å². The van der Waals surface area contributed by atoms with Gasteiger partial charge in [0.25, 0.3) is 11.8 Å². The standard InChI is InChI=1S/C20H20N6O3/c21-18(27)12-8-26(9-12)20(29)17-13-10-25(6-5-15(13)23-24-17)19(28)16-7-11-3-1-2-4-14(11)22-16/h1-4,7,12,22H,5-6,8-10H2,(H2,21,27)(H,23,24). The largest absolute Gasteiger partial charge is 0.369 e. The molecule has 148 valence electrons. The molecule has 4 heterocycles. The molecule has 0 aliphatic carbocycles. The molecule has 0 unspecified atom stereocenters. The van der Waals surface area contributed by atoms with E-state index in [1.165, 1.54) is 0 Å². The quantitative estimate of drug-likeness (QED) is 0.604. The van der Waals surface area contributed by atoms with Crippen LogP contribution >= 0.6 is 0 Å². The van der Waals surface area contributed by atoms with Gasteiger partial charge in [-0.15, -0.1) is 0 Å². The molecule has 1 saturated heterocycles. The zero-order valence-electron chi connectivity index (χ0n) is 15.6. The molecule has 0 spiro atoms. The number of nitrogens with one attached hydrogen (secondary N) is 2. The molecular weight excluding hydrogens is 372 g/mol. The smallest absolute Gasteiger partial charge is 0.274 e. The van der Waals surface area contributed by atoms with E-state index in [0.29, 0.717) is 44.0 Å². The highest BCUT2D eigenvalue weighted by Gasteiger charge is 2.38. The number of amides is 3. The second-order valence-electron chi connectivity index (χ2n) is 7.59. The summed E-state index contributed by atoms with van der Waals surface area (Å²) in [6, 6.07) is 9.58. The summed E-state index contributed by atoms with van der Waals surface area (Å²) < 4.78 is 0. The summed E-state index contributed by atoms with van der Waals surface area (Å²) in [6.45, 7) is 1.49. The summed E-state index contributed by atoms with van der Waals surface area (Å²) in [5.74, 6) is -1.04. The molecule has 4 N–H and O–H groups in total. The van der Waals surface area contributed by atoms with Crippen molar-refractivity contribution in [3.63, 3.8) is 0 Å². The zero-order chi connectivity index (χ0) is 20.1. The molecule has 29 heavy (non-hydrogen) atoms. The summed E-state index contributed by atoms with van der Waals surface area (Å²) in [7, 11) is 0. The molecule has 1 aromatic carbocycles. The average Bonchev–Trinajstić information content (AvgIpc) is 3.29. The monoisotopic (exact) mass is 392 g/mol. The maximum absolute atomic E-state index is 13.0. The van der Waals surface area contributed by atoms with Crippen LogP contribution in [0.2, 0.25) is 0 Å². The number of hydrogen-bond acceptors (Lipinski definition) is 4. The van der Waals surface area contributed by atoms with E-state index < -0.39 is 5.91 Å². The van der Waals surface area contributed by atoms with Gasteiger partial charge in [0.05, 0.1) is 12.5 Å². The topological polar surface area (TPSA) is 128 Å². The molecule has 3 aromatic rings. The number of primary amides is 1. The average molecular weight is 392 g/mol. The van der Waals surface area contributed by atoms with E-state index in [0.717, 1.165) is 22.2 Å². The number of nitrogens with zero attached hydrogens (tertiary/aromatic N) is 3. The second-order valence-corrected chi connectivity index (χ2v) is 7.59. The third-order valence-corrected chi connectivity index (χ3v) is 5.75. The van der Waals surface area contributed by atoms with Crippen molar-refractivity contribution in [2.45, 2.75) is 13.0 Å². The Balaban J connectivity index is 1.35. The van der Waals surface area contributed by atoms with E-state index in [2.05, 4.69) is 15.2 Å². The van der Waals surface area contributed by atoms with Gasteiger partial charge in [0, 0.05) is 48.2 Å². The number of hydrogen-bond donors (Lipinski definition) is 3. The lowest BCUT2D eigenvalue weighted by molar-refractivity contribution is -0.125. The van der Waals surface area contributed by atoms with Crippen LogP contribution in [0.5, 0.6) is 0 Å². The maximum atomic E-state index is 13.0. The fourth-order valence-corrected chi connectivity index (χ4v) is 3.98. The Bertz CT molecular complexity index is 1110. The third-order valence-electron chi connectivity index (χ3n) is 5.75. The first-order chi connectivity index (χ1) is 14.0. The number of H-pyrrole nitrogens is 2. The molecule has 2 aliphatic heterocycles. The number of fused-ring (bicyclic) bond motifs is 2. The number of aromatic amines is 2. The molecule has 1 fully saturated rings. The highest BCUT2D eigenvalue weighted by Crippen LogP contribution is 2.26. The number of para-hydroxylation sites is 1. The number of benzene rings is 1. The van der Waals surface area contributed by atoms with Gasteiger partial charge >= 0.3 is 0 Å². The van der Waals surface area contributed by atoms with Gasteiger partial charge in [-0.3, -0.25) is 19.5 Å². The molecule has 0 atom stereocenters. The van der Waals surface area contributed by atoms with Gasteiger partial charge in [-0.25, -0.2) is 0 Å². The van der Waals surface area contributed by atoms with E-state index in [9.17, 15) is 14.4 Å². The molecule has 2 aliphatic rings. The Kier molecular flexibility index (Phi) is 3.90. The van der Waals surface area contributed by atoms with Crippen molar-refractivity contribution in [1.29, 1.82) is 0 Å². The van der Waals surface area contributed by atoms with E-state index >= 15 is 0 Å². The van der Waals surface area contributed by atoms with E-state index in [-0.39, 0.29) is 17.7 Å². The predicted molar refractivity (Wildman–Crippen MR) is 104 cm³/mol. The maximum Gasteiger partial charge on any atom is 0.274 e. The van der Waals surface area contributed by atoms with Crippen LogP contribution in [0.25, 0.3) is 10.9 Å². The first kappa shape index (κ1) is 17.5. The van der Waals surface area contributed by atoms with Crippen molar-refractivity contribution in [3.05, 3.63) is 53.0 Å². The fraction of sp³-hybridized carbons (Fsp3) is 0.300. The Morgan fingerprint density at radius 1 is 1.10 bits per heavy atom. The molecule has 9 nitrogen and oxygen atoms in total. The van der Waals surface area contributed by atoms with E-state index in [4.69, 9.17) is 5.73 Å². The van der Waals surface area contributed by atoms with Crippen molar-refractivity contribution in [1.82, 2.24) is 25.0 Å². The summed E-state index contributed by atoms with van der Waals surface area (Å²) in [5.41, 5.74) is 8.65. The lowest BCUT2D eigenvalue weighted by Crippen LogP contribution is -2.55. The van der Waals surface area contributed by atoms with Crippen LogP contribution in [0.15, 0.2) is 30.3 Å². The number of carbonyl (C=O) groups excluding carboxylic acids is 3. The molecule has 2 aromatic heterocycles. The van der Waals surface area contributed by atoms with Crippen LogP contribution in [0.4, 0.5) is 0 Å². The number of aromatic nitrogens is 3. The van der Waals surface area contributed by atoms with Gasteiger partial charge in [0.1, 0.15) is 5.69 Å². The Hall–Kier alpha value is -3.62. The van der Waals surface area contributed by atoms with Crippen LogP contribution in [-0.4, -0.2) is 62.3 Å². The lowest BCUT2D eigenvalue weighted by atomic mass is 9.97. The van der Waals surface area contributed by atoms with E-state index in [1.54, 1.807) is 9.80 Å². The summed E-state index contributed by atoms with van der Waals surface area (Å²) in [4.78, 5) is 43.4. The van der Waals surface area contributed by atoms with Crippen molar-refractivity contribution in [3.8, 4) is 0 Å². The first-order valence-electron chi connectivity index (χ1n) is 9.53. The summed E-state index contributed by atoms with van der Waals surface area (Å²) >= 11 is 0. The molecule has 0 radical (unpaired) electrons. The normalized spacial score (nSPS) is 16.6. The Labute approximate surface area is 165 Å². The number of carbonyl (C=O) groups is 3. The minimum atomic E-state index is -0.395. The van der Waals surface area contributed by atoms with Crippen LogP contribution in [-0.2, 0) is 17.8 Å². The van der Waals surface area contributed by atoms with Crippen LogP contribution in [0.1, 0.15) is 32.2 Å². The van der Waals surface area contributed by atoms with Gasteiger partial charge in [0.2, 0.25) is 5.91 Å². The molecule has 0 bridgehead atoms. The van der Waals surface area contributed by atoms with Gasteiger partial charge in [0.15, 0.2) is 5.69 Å². The van der Waals surface area contributed by atoms with Gasteiger partial charge < -0.3 is 20.5 Å². The minimum Gasteiger partial charge on any atom is -0.369 e. The fourth-order valence-electron chi connectivity index (χ4n) is 3.98. The minimum absolute atomic E-state index is 0.107. The Morgan fingerprint density at radius 3 is 2.66 bits per heavy atom. The van der Waals surface area contributed by atoms with Crippen LogP contribution in [0, 0.1) is 5.92 Å². The Morgan fingerprint density at radius 2 is 1.90 bits per heavy atom. The highest BCUT2D eigenvalue weighted by atomic mass is 16.2. The van der Waals surface area contributed by atoms with E-state index in [1.807, 2.05) is 30.3 Å². The predicted octanol–water partition coefficient (Wildman–Crippen LogP) is 0.647. The lowest BCUT2D eigenvalue weighted by Gasteiger charge is -2.37. The van der Waals surface area contributed by atoms with Crippen LogP contribution < -0.4 is 5.73 Å². The van der Waals surface area contributed by atoms with Crippen molar-refractivity contribution in [2.24, 2.45) is 11.7 Å². The molecule has 5 rings (SSSR count). The van der Waals surface area contributed by atoms with Crippen molar-refractivity contribution in [2.75, 3.05) is 19.6 Å². The molecular formula is C20H20N6O3. The molecule has 9 heteroatoms. The number of nitrogens with two attached hydrogens (primary N) is 1. The van der Waals surface area contributed by atoms with Crippen molar-refractivity contribution >= 4 is 28.6 Å². The third kappa shape index (κ3) is 2.86. The summed E-state index contributed by atoms with van der Waals surface area (Å²) in [6.07, 6.45) is 0.603. The zero-order valence-corrected chi connectivity index (χ0v) is 15.6. The molecule has 0 saturated carbocycles. The van der Waals surface area contributed by atoms with Gasteiger partial charge in [-0.05, 0) is 12.1 Å². The van der Waals surface area contributed by atoms with Gasteiger partial charge in [-0.2, -0.15) is 5.10 Å². The summed E-state index contributed by atoms with van der Waals surface area (Å²) in [5, 5.41) is 8.10. The highest BCUT2D eigenvalue weighted by molar-refractivity contribution is 5.99.